The molecule has 0 radical (unpaired) electrons. The summed E-state index contributed by atoms with van der Waals surface area (Å²) in [5.41, 5.74) is -0.862. The van der Waals surface area contributed by atoms with Gasteiger partial charge in [0.05, 0.1) is 0 Å². The number of halogens is 4. The molecule has 0 amide bonds. The molecule has 0 N–H and O–H groups in total. The molecular formula is C10H12BrF3N2. The Morgan fingerprint density at radius 3 is 2.56 bits per heavy atom. The Kier molecular flexibility index (Phi) is 4.18. The first-order valence-corrected chi connectivity index (χ1v) is 5.61. The van der Waals surface area contributed by atoms with Crippen LogP contribution in [0.1, 0.15) is 12.6 Å². The van der Waals surface area contributed by atoms with Gasteiger partial charge in [0.25, 0.3) is 0 Å². The number of hydrogen-bond acceptors (Lipinski definition) is 2. The highest BCUT2D eigenvalue weighted by molar-refractivity contribution is 9.09. The highest BCUT2D eigenvalue weighted by atomic mass is 79.9. The third-order valence-corrected chi connectivity index (χ3v) is 2.23. The van der Waals surface area contributed by atoms with Gasteiger partial charge >= 0.3 is 6.18 Å². The molecule has 0 aliphatic carbocycles. The van der Waals surface area contributed by atoms with Crippen molar-refractivity contribution in [1.82, 2.24) is 4.98 Å². The SMILES string of the molecule is CC(Br)CN(C)c1cccc(C(F)(F)F)n1. The molecule has 6 heteroatoms. The molecule has 1 rings (SSSR count). The first-order valence-electron chi connectivity index (χ1n) is 4.70. The maximum atomic E-state index is 12.4. The van der Waals surface area contributed by atoms with Crippen molar-refractivity contribution in [2.24, 2.45) is 0 Å². The normalized spacial score (nSPS) is 13.6. The molecule has 1 heterocycles. The van der Waals surface area contributed by atoms with Crippen LogP contribution in [0.15, 0.2) is 18.2 Å². The maximum Gasteiger partial charge on any atom is 0.433 e. The van der Waals surface area contributed by atoms with Gasteiger partial charge in [-0.3, -0.25) is 0 Å². The minimum atomic E-state index is -4.39. The van der Waals surface area contributed by atoms with E-state index in [0.717, 1.165) is 6.07 Å². The fourth-order valence-electron chi connectivity index (χ4n) is 1.26. The summed E-state index contributed by atoms with van der Waals surface area (Å²) >= 11 is 3.34. The molecule has 1 unspecified atom stereocenters. The lowest BCUT2D eigenvalue weighted by atomic mass is 10.3. The summed E-state index contributed by atoms with van der Waals surface area (Å²) in [7, 11) is 1.71. The number of alkyl halides is 4. The van der Waals surface area contributed by atoms with Crippen molar-refractivity contribution in [1.29, 1.82) is 0 Å². The number of nitrogens with zero attached hydrogens (tertiary/aromatic N) is 2. The molecule has 2 nitrogen and oxygen atoms in total. The topological polar surface area (TPSA) is 16.1 Å². The Bertz CT molecular complexity index is 352. The van der Waals surface area contributed by atoms with E-state index in [9.17, 15) is 13.2 Å². The zero-order valence-electron chi connectivity index (χ0n) is 8.92. The lowest BCUT2D eigenvalue weighted by Crippen LogP contribution is -2.25. The number of anilines is 1. The van der Waals surface area contributed by atoms with Crippen molar-refractivity contribution in [2.75, 3.05) is 18.5 Å². The minimum absolute atomic E-state index is 0.189. The standard InChI is InChI=1S/C10H12BrF3N2/c1-7(11)6-16(2)9-5-3-4-8(15-9)10(12,13)14/h3-5,7H,6H2,1-2H3. The van der Waals surface area contributed by atoms with Crippen LogP contribution in [0.25, 0.3) is 0 Å². The number of pyridine rings is 1. The van der Waals surface area contributed by atoms with Crippen LogP contribution < -0.4 is 4.90 Å². The summed E-state index contributed by atoms with van der Waals surface area (Å²) in [5, 5.41) is 0. The van der Waals surface area contributed by atoms with E-state index in [1.54, 1.807) is 18.0 Å². The van der Waals surface area contributed by atoms with Crippen molar-refractivity contribution in [3.8, 4) is 0 Å². The molecule has 0 spiro atoms. The van der Waals surface area contributed by atoms with Crippen LogP contribution in [0.4, 0.5) is 19.0 Å². The molecule has 0 fully saturated rings. The van der Waals surface area contributed by atoms with Crippen molar-refractivity contribution in [3.05, 3.63) is 23.9 Å². The Hall–Kier alpha value is -0.780. The average Bonchev–Trinajstić information content (AvgIpc) is 2.15. The second-order valence-corrected chi connectivity index (χ2v) is 5.10. The van der Waals surface area contributed by atoms with Crippen LogP contribution in [0, 0.1) is 0 Å². The average molecular weight is 297 g/mol. The number of aromatic nitrogens is 1. The second-order valence-electron chi connectivity index (χ2n) is 3.54. The molecule has 16 heavy (non-hydrogen) atoms. The van der Waals surface area contributed by atoms with Gasteiger partial charge in [-0.2, -0.15) is 13.2 Å². The Morgan fingerprint density at radius 2 is 2.06 bits per heavy atom. The van der Waals surface area contributed by atoms with Crippen LogP contribution in [0.2, 0.25) is 0 Å². The first-order chi connectivity index (χ1) is 7.30. The van der Waals surface area contributed by atoms with Gasteiger partial charge in [-0.05, 0) is 12.1 Å². The summed E-state index contributed by atoms with van der Waals surface area (Å²) in [6, 6.07) is 3.89. The molecule has 1 atom stereocenters. The Balaban J connectivity index is 2.90. The zero-order valence-corrected chi connectivity index (χ0v) is 10.5. The van der Waals surface area contributed by atoms with E-state index < -0.39 is 11.9 Å². The lowest BCUT2D eigenvalue weighted by molar-refractivity contribution is -0.141. The third-order valence-electron chi connectivity index (χ3n) is 1.94. The van der Waals surface area contributed by atoms with Crippen LogP contribution >= 0.6 is 15.9 Å². The van der Waals surface area contributed by atoms with Crippen molar-refractivity contribution in [3.63, 3.8) is 0 Å². The quantitative estimate of drug-likeness (QED) is 0.796. The highest BCUT2D eigenvalue weighted by Crippen LogP contribution is 2.28. The van der Waals surface area contributed by atoms with Gasteiger partial charge in [0.15, 0.2) is 0 Å². The second kappa shape index (κ2) is 5.03. The first kappa shape index (κ1) is 13.3. The monoisotopic (exact) mass is 296 g/mol. The van der Waals surface area contributed by atoms with E-state index >= 15 is 0 Å². The van der Waals surface area contributed by atoms with Gasteiger partial charge in [0.1, 0.15) is 11.5 Å². The van der Waals surface area contributed by atoms with Gasteiger partial charge in [0.2, 0.25) is 0 Å². The molecule has 0 aliphatic rings. The van der Waals surface area contributed by atoms with Gasteiger partial charge in [0, 0.05) is 18.4 Å². The minimum Gasteiger partial charge on any atom is -0.359 e. The lowest BCUT2D eigenvalue weighted by Gasteiger charge is -2.20. The van der Waals surface area contributed by atoms with Crippen molar-refractivity contribution < 1.29 is 13.2 Å². The van der Waals surface area contributed by atoms with Crippen LogP contribution in [-0.4, -0.2) is 23.4 Å². The highest BCUT2D eigenvalue weighted by Gasteiger charge is 2.32. The van der Waals surface area contributed by atoms with Gasteiger partial charge < -0.3 is 4.90 Å². The van der Waals surface area contributed by atoms with E-state index in [-0.39, 0.29) is 4.83 Å². The van der Waals surface area contributed by atoms with E-state index in [1.165, 1.54) is 6.07 Å². The summed E-state index contributed by atoms with van der Waals surface area (Å²) in [6.07, 6.45) is -4.39. The van der Waals surface area contributed by atoms with Gasteiger partial charge in [-0.15, -0.1) is 0 Å². The van der Waals surface area contributed by atoms with E-state index in [4.69, 9.17) is 0 Å². The third kappa shape index (κ3) is 3.66. The summed E-state index contributed by atoms with van der Waals surface area (Å²) < 4.78 is 37.2. The number of hydrogen-bond donors (Lipinski definition) is 0. The van der Waals surface area contributed by atoms with E-state index in [0.29, 0.717) is 12.4 Å². The van der Waals surface area contributed by atoms with E-state index in [1.807, 2.05) is 6.92 Å². The molecule has 90 valence electrons. The molecule has 0 aromatic carbocycles. The van der Waals surface area contributed by atoms with Crippen LogP contribution in [-0.2, 0) is 6.18 Å². The summed E-state index contributed by atoms with van der Waals surface area (Å²) in [6.45, 7) is 2.51. The molecule has 0 bridgehead atoms. The van der Waals surface area contributed by atoms with Crippen LogP contribution in [0.3, 0.4) is 0 Å². The van der Waals surface area contributed by atoms with Crippen molar-refractivity contribution >= 4 is 21.7 Å². The maximum absolute atomic E-state index is 12.4. The molecule has 0 saturated carbocycles. The molecular weight excluding hydrogens is 285 g/mol. The fourth-order valence-corrected chi connectivity index (χ4v) is 1.70. The van der Waals surface area contributed by atoms with E-state index in [2.05, 4.69) is 20.9 Å². The molecule has 1 aromatic rings. The predicted octanol–water partition coefficient (Wildman–Crippen LogP) is 3.32. The molecule has 1 aromatic heterocycles. The molecule has 0 aliphatic heterocycles. The van der Waals surface area contributed by atoms with Gasteiger partial charge in [-0.25, -0.2) is 4.98 Å². The van der Waals surface area contributed by atoms with Crippen molar-refractivity contribution in [2.45, 2.75) is 17.9 Å². The Morgan fingerprint density at radius 1 is 1.44 bits per heavy atom. The largest absolute Gasteiger partial charge is 0.433 e. The van der Waals surface area contributed by atoms with Crippen LogP contribution in [0.5, 0.6) is 0 Å². The number of rotatable bonds is 3. The fraction of sp³-hybridized carbons (Fsp3) is 0.500. The smallest absolute Gasteiger partial charge is 0.359 e. The predicted molar refractivity (Wildman–Crippen MR) is 60.9 cm³/mol. The van der Waals surface area contributed by atoms with Gasteiger partial charge in [-0.1, -0.05) is 28.9 Å². The summed E-state index contributed by atoms with van der Waals surface area (Å²) in [5.74, 6) is 0.320. The zero-order chi connectivity index (χ0) is 12.3. The molecule has 0 saturated heterocycles. The Labute approximate surface area is 101 Å². The summed E-state index contributed by atoms with van der Waals surface area (Å²) in [4.78, 5) is 5.44.